The van der Waals surface area contributed by atoms with Crippen molar-refractivity contribution in [2.75, 3.05) is 40.3 Å². The van der Waals surface area contributed by atoms with E-state index in [1.165, 1.54) is 11.0 Å². The number of hydrogen-bond acceptors (Lipinski definition) is 5. The van der Waals surface area contributed by atoms with Gasteiger partial charge < -0.3 is 14.7 Å². The molecule has 0 atom stereocenters. The third kappa shape index (κ3) is 3.05. The molecule has 0 spiro atoms. The van der Waals surface area contributed by atoms with E-state index in [-0.39, 0.29) is 11.9 Å². The molecule has 1 aliphatic rings. The number of carbonyl (C=O) groups is 2. The fourth-order valence-electron chi connectivity index (χ4n) is 2.68. The molecule has 1 aliphatic heterocycles. The number of urea groups is 1. The molecule has 1 aromatic carbocycles. The fourth-order valence-corrected chi connectivity index (χ4v) is 2.68. The van der Waals surface area contributed by atoms with Crippen LogP contribution >= 0.6 is 0 Å². The number of hydrogen-bond donors (Lipinski definition) is 0. The lowest BCUT2D eigenvalue weighted by atomic mass is 10.1. The molecular formula is C15H19N7O2. The lowest BCUT2D eigenvalue weighted by molar-refractivity contribution is 0.0650. The molecule has 126 valence electrons. The van der Waals surface area contributed by atoms with E-state index >= 15 is 0 Å². The monoisotopic (exact) mass is 329 g/mol. The van der Waals surface area contributed by atoms with Crippen molar-refractivity contribution in [3.63, 3.8) is 0 Å². The van der Waals surface area contributed by atoms with E-state index in [1.807, 2.05) is 12.1 Å². The Hall–Kier alpha value is -2.97. The van der Waals surface area contributed by atoms with Crippen molar-refractivity contribution in [3.8, 4) is 5.69 Å². The van der Waals surface area contributed by atoms with E-state index in [1.54, 1.807) is 40.9 Å². The van der Waals surface area contributed by atoms with Crippen LogP contribution in [-0.2, 0) is 0 Å². The van der Waals surface area contributed by atoms with E-state index in [0.717, 1.165) is 0 Å². The molecule has 24 heavy (non-hydrogen) atoms. The molecule has 3 rings (SSSR count). The van der Waals surface area contributed by atoms with Gasteiger partial charge >= 0.3 is 6.03 Å². The summed E-state index contributed by atoms with van der Waals surface area (Å²) in [6.45, 7) is 2.05. The number of nitrogens with zero attached hydrogens (tertiary/aromatic N) is 7. The predicted molar refractivity (Wildman–Crippen MR) is 85.7 cm³/mol. The van der Waals surface area contributed by atoms with E-state index in [9.17, 15) is 9.59 Å². The second-order valence-electron chi connectivity index (χ2n) is 5.73. The lowest BCUT2D eigenvalue weighted by Crippen LogP contribution is -2.53. The Morgan fingerprint density at radius 3 is 2.33 bits per heavy atom. The number of aromatic nitrogens is 4. The smallest absolute Gasteiger partial charge is 0.319 e. The lowest BCUT2D eigenvalue weighted by Gasteiger charge is -2.36. The molecule has 0 aliphatic carbocycles. The largest absolute Gasteiger partial charge is 0.335 e. The Bertz CT molecular complexity index is 721. The summed E-state index contributed by atoms with van der Waals surface area (Å²) in [5.74, 6) is -0.0851. The molecule has 1 fully saturated rings. The third-order valence-corrected chi connectivity index (χ3v) is 3.95. The molecule has 9 heteroatoms. The van der Waals surface area contributed by atoms with Crippen LogP contribution in [0.15, 0.2) is 30.6 Å². The predicted octanol–water partition coefficient (Wildman–Crippen LogP) is 0.102. The maximum absolute atomic E-state index is 12.9. The van der Waals surface area contributed by atoms with Crippen molar-refractivity contribution in [3.05, 3.63) is 36.2 Å². The van der Waals surface area contributed by atoms with Gasteiger partial charge in [-0.15, -0.1) is 5.10 Å². The third-order valence-electron chi connectivity index (χ3n) is 3.95. The number of rotatable bonds is 2. The Labute approximate surface area is 139 Å². The molecule has 0 unspecified atom stereocenters. The Morgan fingerprint density at radius 1 is 1.04 bits per heavy atom. The highest BCUT2D eigenvalue weighted by Gasteiger charge is 2.27. The van der Waals surface area contributed by atoms with Gasteiger partial charge in [0.1, 0.15) is 6.33 Å². The molecule has 0 bridgehead atoms. The zero-order chi connectivity index (χ0) is 17.1. The van der Waals surface area contributed by atoms with Crippen molar-refractivity contribution in [1.29, 1.82) is 0 Å². The van der Waals surface area contributed by atoms with Gasteiger partial charge in [-0.25, -0.2) is 4.79 Å². The van der Waals surface area contributed by atoms with Gasteiger partial charge in [0, 0.05) is 40.3 Å². The average molecular weight is 329 g/mol. The second-order valence-corrected chi connectivity index (χ2v) is 5.73. The number of carbonyl (C=O) groups excluding carboxylic acids is 2. The summed E-state index contributed by atoms with van der Waals surface area (Å²) in [5, 5.41) is 11.1. The molecule has 3 amide bonds. The first kappa shape index (κ1) is 15.9. The van der Waals surface area contributed by atoms with Gasteiger partial charge in [0.05, 0.1) is 11.3 Å². The molecular weight excluding hydrogens is 310 g/mol. The van der Waals surface area contributed by atoms with Crippen LogP contribution in [0.2, 0.25) is 0 Å². The van der Waals surface area contributed by atoms with Gasteiger partial charge in [0.25, 0.3) is 5.91 Å². The van der Waals surface area contributed by atoms with Crippen LogP contribution in [0.25, 0.3) is 5.69 Å². The number of benzene rings is 1. The molecule has 0 N–H and O–H groups in total. The SMILES string of the molecule is CN(C)C(=O)N1CCN(C(=O)c2ccccc2-n2cnnn2)CC1. The van der Waals surface area contributed by atoms with Gasteiger partial charge in [-0.3, -0.25) is 4.79 Å². The van der Waals surface area contributed by atoms with Gasteiger partial charge in [0.2, 0.25) is 0 Å². The highest BCUT2D eigenvalue weighted by molar-refractivity contribution is 5.97. The quantitative estimate of drug-likeness (QED) is 0.780. The highest BCUT2D eigenvalue weighted by atomic mass is 16.2. The van der Waals surface area contributed by atoms with E-state index in [2.05, 4.69) is 15.5 Å². The Balaban J connectivity index is 1.74. The van der Waals surface area contributed by atoms with Crippen molar-refractivity contribution >= 4 is 11.9 Å². The zero-order valence-corrected chi connectivity index (χ0v) is 13.7. The van der Waals surface area contributed by atoms with E-state index in [4.69, 9.17) is 0 Å². The minimum atomic E-state index is -0.0851. The van der Waals surface area contributed by atoms with Crippen LogP contribution in [0.5, 0.6) is 0 Å². The first-order valence-electron chi connectivity index (χ1n) is 7.66. The number of piperazine rings is 1. The van der Waals surface area contributed by atoms with Crippen LogP contribution in [0.1, 0.15) is 10.4 Å². The first-order valence-corrected chi connectivity index (χ1v) is 7.66. The normalized spacial score (nSPS) is 14.6. The standard InChI is InChI=1S/C15H19N7O2/c1-19(2)15(24)21-9-7-20(8-10-21)14(23)12-5-3-4-6-13(12)22-11-16-17-18-22/h3-6,11H,7-10H2,1-2H3. The minimum absolute atomic E-state index is 0.0313. The molecule has 2 aromatic rings. The number of para-hydroxylation sites is 1. The van der Waals surface area contributed by atoms with E-state index in [0.29, 0.717) is 37.4 Å². The zero-order valence-electron chi connectivity index (χ0n) is 13.7. The van der Waals surface area contributed by atoms with Crippen LogP contribution in [-0.4, -0.2) is 87.1 Å². The summed E-state index contributed by atoms with van der Waals surface area (Å²) in [6.07, 6.45) is 1.46. The van der Waals surface area contributed by atoms with Gasteiger partial charge in [-0.2, -0.15) is 4.68 Å². The molecule has 1 aromatic heterocycles. The van der Waals surface area contributed by atoms with Crippen LogP contribution < -0.4 is 0 Å². The Morgan fingerprint density at radius 2 is 1.71 bits per heavy atom. The van der Waals surface area contributed by atoms with Crippen LogP contribution in [0.4, 0.5) is 4.79 Å². The number of tetrazole rings is 1. The van der Waals surface area contributed by atoms with Gasteiger partial charge in [0.15, 0.2) is 0 Å². The van der Waals surface area contributed by atoms with Crippen molar-refractivity contribution in [2.45, 2.75) is 0 Å². The summed E-state index contributed by atoms with van der Waals surface area (Å²) in [4.78, 5) is 29.9. The van der Waals surface area contributed by atoms with Gasteiger partial charge in [-0.05, 0) is 22.6 Å². The second kappa shape index (κ2) is 6.65. The Kier molecular flexibility index (Phi) is 4.41. The highest BCUT2D eigenvalue weighted by Crippen LogP contribution is 2.16. The topological polar surface area (TPSA) is 87.5 Å². The summed E-state index contributed by atoms with van der Waals surface area (Å²) < 4.78 is 1.47. The van der Waals surface area contributed by atoms with Crippen molar-refractivity contribution in [1.82, 2.24) is 34.9 Å². The molecule has 1 saturated heterocycles. The number of amides is 3. The van der Waals surface area contributed by atoms with E-state index < -0.39 is 0 Å². The van der Waals surface area contributed by atoms with Gasteiger partial charge in [-0.1, -0.05) is 12.1 Å². The summed E-state index contributed by atoms with van der Waals surface area (Å²) in [5.41, 5.74) is 1.18. The summed E-state index contributed by atoms with van der Waals surface area (Å²) in [7, 11) is 3.45. The summed E-state index contributed by atoms with van der Waals surface area (Å²) >= 11 is 0. The van der Waals surface area contributed by atoms with Crippen LogP contribution in [0.3, 0.4) is 0 Å². The molecule has 0 radical (unpaired) electrons. The first-order chi connectivity index (χ1) is 11.6. The molecule has 9 nitrogen and oxygen atoms in total. The van der Waals surface area contributed by atoms with Crippen LogP contribution in [0, 0.1) is 0 Å². The maximum Gasteiger partial charge on any atom is 0.319 e. The molecule has 2 heterocycles. The fraction of sp³-hybridized carbons (Fsp3) is 0.400. The maximum atomic E-state index is 12.9. The van der Waals surface area contributed by atoms with Crippen molar-refractivity contribution < 1.29 is 9.59 Å². The summed E-state index contributed by atoms with van der Waals surface area (Å²) in [6, 6.07) is 7.18. The average Bonchev–Trinajstić information content (AvgIpc) is 3.15. The molecule has 0 saturated carbocycles. The minimum Gasteiger partial charge on any atom is -0.335 e. The van der Waals surface area contributed by atoms with Crippen molar-refractivity contribution in [2.24, 2.45) is 0 Å².